The number of aromatic nitrogens is 1. The molecule has 1 amide bonds. The van der Waals surface area contributed by atoms with Gasteiger partial charge in [0.1, 0.15) is 0 Å². The zero-order valence-electron chi connectivity index (χ0n) is 14.3. The topological polar surface area (TPSA) is 111 Å². The fourth-order valence-corrected chi connectivity index (χ4v) is 3.82. The Morgan fingerprint density at radius 2 is 1.96 bits per heavy atom. The second-order valence-electron chi connectivity index (χ2n) is 5.89. The van der Waals surface area contributed by atoms with Crippen molar-refractivity contribution in [2.45, 2.75) is 11.3 Å². The van der Waals surface area contributed by atoms with Crippen LogP contribution in [0.2, 0.25) is 0 Å². The Morgan fingerprint density at radius 3 is 2.78 bits per heavy atom. The highest BCUT2D eigenvalue weighted by Gasteiger charge is 2.14. The lowest BCUT2D eigenvalue weighted by Crippen LogP contribution is -2.26. The van der Waals surface area contributed by atoms with Crippen molar-refractivity contribution in [1.29, 1.82) is 0 Å². The van der Waals surface area contributed by atoms with Crippen LogP contribution < -0.4 is 10.2 Å². The molecule has 4 N–H and O–H groups in total. The second-order valence-corrected chi connectivity index (χ2v) is 7.66. The number of rotatable bonds is 7. The Kier molecular flexibility index (Phi) is 5.70. The molecule has 0 unspecified atom stereocenters. The van der Waals surface area contributed by atoms with Crippen LogP contribution in [-0.2, 0) is 21.2 Å². The monoisotopic (exact) mass is 385 g/mol. The van der Waals surface area contributed by atoms with Crippen LogP contribution >= 0.6 is 0 Å². The van der Waals surface area contributed by atoms with Crippen molar-refractivity contribution < 1.29 is 18.4 Å². The summed E-state index contributed by atoms with van der Waals surface area (Å²) in [5.74, 6) is -0.694. The van der Waals surface area contributed by atoms with Crippen LogP contribution in [0.4, 0.5) is 0 Å². The van der Waals surface area contributed by atoms with Gasteiger partial charge in [-0.15, -0.1) is 0 Å². The first kappa shape index (κ1) is 18.8. The summed E-state index contributed by atoms with van der Waals surface area (Å²) in [6, 6.07) is 14.0. The van der Waals surface area contributed by atoms with Crippen LogP contribution in [0.1, 0.15) is 11.1 Å². The maximum atomic E-state index is 12.5. The molecule has 0 aliphatic heterocycles. The first-order valence-corrected chi connectivity index (χ1v) is 9.75. The van der Waals surface area contributed by atoms with E-state index in [4.69, 9.17) is 5.21 Å². The number of nitrogens with one attached hydrogen (secondary N) is 3. The van der Waals surface area contributed by atoms with Crippen molar-refractivity contribution in [2.24, 2.45) is 0 Å². The smallest absolute Gasteiger partial charge is 0.267 e. The SMILES string of the molecule is O=C(/C=C/c1cccc(S(=O)(=O)NCCc2c[nH]c3ccccc23)c1)NO. The molecule has 0 aliphatic rings. The molecule has 0 saturated heterocycles. The van der Waals surface area contributed by atoms with Crippen molar-refractivity contribution in [1.82, 2.24) is 15.2 Å². The van der Waals surface area contributed by atoms with Crippen molar-refractivity contribution >= 4 is 32.9 Å². The third kappa shape index (κ3) is 4.62. The highest BCUT2D eigenvalue weighted by atomic mass is 32.2. The minimum Gasteiger partial charge on any atom is -0.361 e. The van der Waals surface area contributed by atoms with E-state index in [1.54, 1.807) is 12.1 Å². The number of hydroxylamine groups is 1. The maximum Gasteiger partial charge on any atom is 0.267 e. The Morgan fingerprint density at radius 1 is 1.15 bits per heavy atom. The Hall–Kier alpha value is -2.94. The first-order chi connectivity index (χ1) is 13.0. The lowest BCUT2D eigenvalue weighted by Gasteiger charge is -2.07. The molecule has 140 valence electrons. The number of para-hydroxylation sites is 1. The van der Waals surface area contributed by atoms with Gasteiger partial charge in [0.25, 0.3) is 5.91 Å². The molecule has 3 aromatic rings. The van der Waals surface area contributed by atoms with E-state index in [-0.39, 0.29) is 11.4 Å². The fraction of sp³-hybridized carbons (Fsp3) is 0.105. The van der Waals surface area contributed by atoms with Crippen LogP contribution in [0, 0.1) is 0 Å². The molecular weight excluding hydrogens is 366 g/mol. The van der Waals surface area contributed by atoms with Crippen molar-refractivity contribution in [2.75, 3.05) is 6.54 Å². The number of hydrogen-bond acceptors (Lipinski definition) is 4. The van der Waals surface area contributed by atoms with Crippen molar-refractivity contribution in [3.05, 3.63) is 71.9 Å². The van der Waals surface area contributed by atoms with Crippen LogP contribution in [-0.4, -0.2) is 31.1 Å². The van der Waals surface area contributed by atoms with Gasteiger partial charge in [0, 0.05) is 29.7 Å². The molecule has 27 heavy (non-hydrogen) atoms. The minimum atomic E-state index is -3.68. The molecule has 1 aromatic heterocycles. The minimum absolute atomic E-state index is 0.105. The quantitative estimate of drug-likeness (QED) is 0.284. The molecule has 0 spiro atoms. The fourth-order valence-electron chi connectivity index (χ4n) is 2.74. The third-order valence-corrected chi connectivity index (χ3v) is 5.53. The number of sulfonamides is 1. The number of aromatic amines is 1. The predicted molar refractivity (Wildman–Crippen MR) is 103 cm³/mol. The number of carbonyl (C=O) groups is 1. The van der Waals surface area contributed by atoms with Gasteiger partial charge in [-0.2, -0.15) is 0 Å². The number of fused-ring (bicyclic) bond motifs is 1. The first-order valence-electron chi connectivity index (χ1n) is 8.26. The molecule has 3 rings (SSSR count). The number of amides is 1. The molecule has 0 fully saturated rings. The third-order valence-electron chi connectivity index (χ3n) is 4.07. The number of hydrogen-bond donors (Lipinski definition) is 4. The van der Waals surface area contributed by atoms with E-state index in [0.29, 0.717) is 12.0 Å². The molecule has 0 bridgehead atoms. The summed E-state index contributed by atoms with van der Waals surface area (Å²) in [4.78, 5) is 14.3. The Bertz CT molecular complexity index is 1090. The maximum absolute atomic E-state index is 12.5. The molecule has 0 atom stereocenters. The average Bonchev–Trinajstić information content (AvgIpc) is 3.09. The van der Waals surface area contributed by atoms with E-state index in [9.17, 15) is 13.2 Å². The average molecular weight is 385 g/mol. The van der Waals surface area contributed by atoms with Gasteiger partial charge in [-0.25, -0.2) is 18.6 Å². The van der Waals surface area contributed by atoms with Gasteiger partial charge in [-0.1, -0.05) is 30.3 Å². The summed E-state index contributed by atoms with van der Waals surface area (Å²) >= 11 is 0. The van der Waals surface area contributed by atoms with E-state index in [1.165, 1.54) is 23.7 Å². The largest absolute Gasteiger partial charge is 0.361 e. The molecule has 7 nitrogen and oxygen atoms in total. The van der Waals surface area contributed by atoms with Gasteiger partial charge in [-0.3, -0.25) is 10.0 Å². The van der Waals surface area contributed by atoms with Crippen LogP contribution in [0.15, 0.2) is 65.7 Å². The summed E-state index contributed by atoms with van der Waals surface area (Å²) in [6.07, 6.45) is 4.96. The molecule has 1 heterocycles. The summed E-state index contributed by atoms with van der Waals surface area (Å²) < 4.78 is 27.6. The summed E-state index contributed by atoms with van der Waals surface area (Å²) in [7, 11) is -3.68. The normalized spacial score (nSPS) is 11.9. The van der Waals surface area contributed by atoms with Crippen molar-refractivity contribution in [3.63, 3.8) is 0 Å². The van der Waals surface area contributed by atoms with E-state index in [2.05, 4.69) is 9.71 Å². The standard InChI is InChI=1S/C19H19N3O4S/c23-19(22-24)9-8-14-4-3-5-16(12-14)27(25,26)21-11-10-15-13-20-18-7-2-1-6-17(15)18/h1-9,12-13,20-21,24H,10-11H2,(H,22,23)/b9-8+. The van der Waals surface area contributed by atoms with E-state index >= 15 is 0 Å². The highest BCUT2D eigenvalue weighted by Crippen LogP contribution is 2.18. The summed E-state index contributed by atoms with van der Waals surface area (Å²) in [5, 5.41) is 9.55. The summed E-state index contributed by atoms with van der Waals surface area (Å²) in [5.41, 5.74) is 4.06. The van der Waals surface area contributed by atoms with Gasteiger partial charge in [-0.05, 0) is 41.8 Å². The number of H-pyrrole nitrogens is 1. The highest BCUT2D eigenvalue weighted by molar-refractivity contribution is 7.89. The van der Waals surface area contributed by atoms with Crippen LogP contribution in [0.3, 0.4) is 0 Å². The molecule has 2 aromatic carbocycles. The van der Waals surface area contributed by atoms with Crippen molar-refractivity contribution in [3.8, 4) is 0 Å². The lowest BCUT2D eigenvalue weighted by molar-refractivity contribution is -0.124. The van der Waals surface area contributed by atoms with Gasteiger partial charge in [0.05, 0.1) is 4.90 Å². The second kappa shape index (κ2) is 8.17. The Labute approximate surface area is 156 Å². The lowest BCUT2D eigenvalue weighted by atomic mass is 10.1. The molecule has 0 radical (unpaired) electrons. The zero-order valence-corrected chi connectivity index (χ0v) is 15.2. The molecule has 0 aliphatic carbocycles. The van der Waals surface area contributed by atoms with Gasteiger partial charge < -0.3 is 4.98 Å². The van der Waals surface area contributed by atoms with Gasteiger partial charge in [0.15, 0.2) is 0 Å². The number of benzene rings is 2. The summed E-state index contributed by atoms with van der Waals surface area (Å²) in [6.45, 7) is 0.261. The molecule has 8 heteroatoms. The van der Waals surface area contributed by atoms with E-state index in [1.807, 2.05) is 30.5 Å². The molecular formula is C19H19N3O4S. The van der Waals surface area contributed by atoms with Crippen LogP contribution in [0.25, 0.3) is 17.0 Å². The van der Waals surface area contributed by atoms with Gasteiger partial charge >= 0.3 is 0 Å². The molecule has 0 saturated carbocycles. The number of carbonyl (C=O) groups excluding carboxylic acids is 1. The predicted octanol–water partition coefficient (Wildman–Crippen LogP) is 2.21. The van der Waals surface area contributed by atoms with Crippen LogP contribution in [0.5, 0.6) is 0 Å². The zero-order chi connectivity index (χ0) is 19.3. The van der Waals surface area contributed by atoms with E-state index in [0.717, 1.165) is 22.5 Å². The van der Waals surface area contributed by atoms with Gasteiger partial charge in [0.2, 0.25) is 10.0 Å². The van der Waals surface area contributed by atoms with E-state index < -0.39 is 15.9 Å². The Balaban J connectivity index is 1.68.